The number of fused-ring (bicyclic) bond motifs is 2. The van der Waals surface area contributed by atoms with Crippen LogP contribution in [0, 0.1) is 55.4 Å². The third-order valence-electron chi connectivity index (χ3n) is 8.36. The highest BCUT2D eigenvalue weighted by atomic mass is 19.1. The van der Waals surface area contributed by atoms with Gasteiger partial charge in [0, 0.05) is 22.3 Å². The lowest BCUT2D eigenvalue weighted by atomic mass is 10.0. The van der Waals surface area contributed by atoms with Gasteiger partial charge in [-0.25, -0.2) is 33.1 Å². The molecule has 11 heteroatoms. The van der Waals surface area contributed by atoms with Crippen LogP contribution in [0.3, 0.4) is 0 Å². The molecule has 0 radical (unpaired) electrons. The molecular formula is C41H22F3N8+3. The number of nitrogens with zero attached hydrogens (tertiary/aromatic N) is 8. The number of hydrogen-bond donors (Lipinski definition) is 0. The van der Waals surface area contributed by atoms with Gasteiger partial charge in [-0.2, -0.15) is 5.26 Å². The second-order valence-electron chi connectivity index (χ2n) is 11.5. The lowest BCUT2D eigenvalue weighted by molar-refractivity contribution is 0.627. The van der Waals surface area contributed by atoms with Gasteiger partial charge in [0.05, 0.1) is 32.5 Å². The van der Waals surface area contributed by atoms with Crippen molar-refractivity contribution in [1.82, 2.24) is 19.9 Å². The molecule has 0 amide bonds. The first kappa shape index (κ1) is 32.8. The lowest BCUT2D eigenvalue weighted by Crippen LogP contribution is -2.23. The van der Waals surface area contributed by atoms with Crippen LogP contribution >= 0.6 is 0 Å². The Morgan fingerprint density at radius 3 is 1.10 bits per heavy atom. The average molecular weight is 684 g/mol. The molecule has 0 atom stereocenters. The van der Waals surface area contributed by atoms with Crippen LogP contribution in [-0.2, 0) is 0 Å². The van der Waals surface area contributed by atoms with Crippen molar-refractivity contribution in [3.8, 4) is 70.8 Å². The summed E-state index contributed by atoms with van der Waals surface area (Å²) in [6.45, 7) is 19.5. The zero-order valence-electron chi connectivity index (χ0n) is 27.2. The van der Waals surface area contributed by atoms with Crippen LogP contribution in [0.2, 0.25) is 0 Å². The Labute approximate surface area is 294 Å². The molecule has 0 aliphatic rings. The summed E-state index contributed by atoms with van der Waals surface area (Å²) in [5, 5.41) is 10.5. The Morgan fingerprint density at radius 2 is 0.808 bits per heavy atom. The van der Waals surface area contributed by atoms with Gasteiger partial charge in [0.15, 0.2) is 6.07 Å². The Bertz CT molecular complexity index is 2500. The van der Waals surface area contributed by atoms with Crippen LogP contribution in [0.15, 0.2) is 97.1 Å². The summed E-state index contributed by atoms with van der Waals surface area (Å²) in [5.41, 5.74) is 4.23. The van der Waals surface area contributed by atoms with Gasteiger partial charge in [-0.05, 0) is 84.6 Å². The van der Waals surface area contributed by atoms with E-state index in [-0.39, 0.29) is 55.4 Å². The minimum atomic E-state index is -0.486. The van der Waals surface area contributed by atoms with Crippen LogP contribution in [0.1, 0.15) is 5.56 Å². The van der Waals surface area contributed by atoms with E-state index in [4.69, 9.17) is 39.7 Å². The average Bonchev–Trinajstić information content (AvgIpc) is 3.16. The predicted molar refractivity (Wildman–Crippen MR) is 196 cm³/mol. The molecule has 0 aliphatic heterocycles. The fourth-order valence-corrected chi connectivity index (χ4v) is 5.88. The molecule has 2 heterocycles. The van der Waals surface area contributed by atoms with E-state index in [1.807, 2.05) is 37.3 Å². The summed E-state index contributed by atoms with van der Waals surface area (Å²) in [4.78, 5) is 31.6. The highest BCUT2D eigenvalue weighted by Crippen LogP contribution is 2.34. The van der Waals surface area contributed by atoms with Gasteiger partial charge in [-0.1, -0.05) is 29.8 Å². The van der Waals surface area contributed by atoms with Crippen LogP contribution in [-0.4, -0.2) is 19.9 Å². The number of aryl methyl sites for hydroxylation is 1. The largest absolute Gasteiger partial charge is 0.699 e. The molecule has 0 aliphatic carbocycles. The van der Waals surface area contributed by atoms with Gasteiger partial charge in [-0.3, -0.25) is 0 Å². The van der Waals surface area contributed by atoms with Crippen molar-refractivity contribution < 1.29 is 13.2 Å². The molecule has 244 valence electrons. The summed E-state index contributed by atoms with van der Waals surface area (Å²) in [7, 11) is 0. The van der Waals surface area contributed by atoms with E-state index in [1.165, 1.54) is 60.7 Å². The van der Waals surface area contributed by atoms with E-state index >= 15 is 0 Å². The third-order valence-corrected chi connectivity index (χ3v) is 8.36. The van der Waals surface area contributed by atoms with Crippen molar-refractivity contribution in [3.05, 3.63) is 145 Å². The molecule has 7 aromatic rings. The van der Waals surface area contributed by atoms with Gasteiger partial charge < -0.3 is 0 Å². The first-order chi connectivity index (χ1) is 25.2. The second-order valence-corrected chi connectivity index (χ2v) is 11.5. The molecule has 52 heavy (non-hydrogen) atoms. The van der Waals surface area contributed by atoms with E-state index in [2.05, 4.69) is 14.5 Å². The standard InChI is InChI=1S/C41H22F3N8/c1-22-5-7-23(8-6-22)33-35(25-11-17-28(43)18-12-25)51-39-32(41(47-3)48-4)40-38(31(37(39)49-33)30(21-45)46-2)50-34(24-9-15-27(42)16-10-24)36(52-40)26-13-19-29(44)20-14-26/h2-20H,1H3/q+3/b31-30+. The van der Waals surface area contributed by atoms with Crippen LogP contribution in [0.5, 0.6) is 0 Å². The molecule has 5 aromatic carbocycles. The molecule has 0 spiro atoms. The number of hydrogen-bond acceptors (Lipinski definition) is 5. The van der Waals surface area contributed by atoms with Crippen molar-refractivity contribution in [3.63, 3.8) is 0 Å². The normalized spacial score (nSPS) is 11.3. The summed E-state index contributed by atoms with van der Waals surface area (Å²) in [5.74, 6) is -1.64. The highest BCUT2D eigenvalue weighted by Gasteiger charge is 2.31. The van der Waals surface area contributed by atoms with E-state index in [0.717, 1.165) is 5.56 Å². The first-order valence-electron chi connectivity index (χ1n) is 15.6. The van der Waals surface area contributed by atoms with E-state index < -0.39 is 17.5 Å². The molecule has 0 saturated carbocycles. The molecule has 0 N–H and O–H groups in total. The minimum Gasteiger partial charge on any atom is -0.243 e. The van der Waals surface area contributed by atoms with Crippen LogP contribution in [0.25, 0.3) is 93.1 Å². The summed E-state index contributed by atoms with van der Waals surface area (Å²) < 4.78 is 42.4. The fraction of sp³-hybridized carbons (Fsp3) is 0.0244. The van der Waals surface area contributed by atoms with Crippen molar-refractivity contribution in [2.24, 2.45) is 0 Å². The quantitative estimate of drug-likeness (QED) is 0.174. The highest BCUT2D eigenvalue weighted by molar-refractivity contribution is 6.02. The SMILES string of the molecule is C#[N+]C([N+]#C)=c1c2nc(-c3ccc(F)cc3)c(-c3ccc(C)cc3)nc2/c(=C(/C#N)[N+]#C)c2nc(-c3ccc(F)cc3)c(-c3ccc(F)cc3)nc12. The molecule has 0 saturated heterocycles. The maximum absolute atomic E-state index is 14.2. The molecule has 7 rings (SSSR count). The fourth-order valence-electron chi connectivity index (χ4n) is 5.88. The topological polar surface area (TPSA) is 88.4 Å². The monoisotopic (exact) mass is 683 g/mol. The summed E-state index contributed by atoms with van der Waals surface area (Å²) >= 11 is 0. The van der Waals surface area contributed by atoms with Gasteiger partial charge in [0.1, 0.15) is 44.7 Å². The molecular weight excluding hydrogens is 662 g/mol. The smallest absolute Gasteiger partial charge is 0.243 e. The molecule has 8 nitrogen and oxygen atoms in total. The van der Waals surface area contributed by atoms with Crippen molar-refractivity contribution in [2.45, 2.75) is 6.92 Å². The van der Waals surface area contributed by atoms with Crippen molar-refractivity contribution in [2.75, 3.05) is 0 Å². The Kier molecular flexibility index (Phi) is 8.38. The number of aromatic nitrogens is 4. The first-order valence-corrected chi connectivity index (χ1v) is 15.6. The number of rotatable bonds is 4. The zero-order valence-corrected chi connectivity index (χ0v) is 27.2. The number of halogens is 3. The van der Waals surface area contributed by atoms with E-state index in [1.54, 1.807) is 12.1 Å². The Balaban J connectivity index is 1.79. The van der Waals surface area contributed by atoms with Crippen LogP contribution in [0.4, 0.5) is 13.2 Å². The number of benzene rings is 5. The van der Waals surface area contributed by atoms with Crippen LogP contribution < -0.4 is 10.4 Å². The molecule has 2 aromatic heterocycles. The van der Waals surface area contributed by atoms with Gasteiger partial charge in [0.25, 0.3) is 19.7 Å². The van der Waals surface area contributed by atoms with Gasteiger partial charge in [-0.15, -0.1) is 0 Å². The summed E-state index contributed by atoms with van der Waals surface area (Å²) in [6, 6.07) is 26.3. The van der Waals surface area contributed by atoms with E-state index in [0.29, 0.717) is 33.6 Å². The predicted octanol–water partition coefficient (Wildman–Crippen LogP) is 8.55. The third kappa shape index (κ3) is 5.71. The summed E-state index contributed by atoms with van der Waals surface area (Å²) in [6.07, 6.45) is 0. The van der Waals surface area contributed by atoms with Gasteiger partial charge in [0.2, 0.25) is 5.22 Å². The zero-order chi connectivity index (χ0) is 36.5. The lowest BCUT2D eigenvalue weighted by Gasteiger charge is -2.14. The maximum atomic E-state index is 14.2. The van der Waals surface area contributed by atoms with E-state index in [9.17, 15) is 18.4 Å². The van der Waals surface area contributed by atoms with Crippen molar-refractivity contribution in [1.29, 1.82) is 5.26 Å². The van der Waals surface area contributed by atoms with Crippen molar-refractivity contribution >= 4 is 33.6 Å². The molecule has 0 bridgehead atoms. The maximum Gasteiger partial charge on any atom is 0.699 e. The molecule has 0 fully saturated rings. The second kappa shape index (κ2) is 13.3. The Morgan fingerprint density at radius 1 is 0.500 bits per heavy atom. The minimum absolute atomic E-state index is 0.0557. The molecule has 0 unspecified atom stereocenters. The Hall–Kier alpha value is -7.73. The van der Waals surface area contributed by atoms with Gasteiger partial charge >= 0.3 is 11.5 Å². The number of nitriles is 1.